The topological polar surface area (TPSA) is 38.7 Å². The van der Waals surface area contributed by atoms with Crippen LogP contribution in [0.3, 0.4) is 0 Å². The largest absolute Gasteiger partial charge is 0.264 e. The molecule has 9 aromatic rings. The minimum absolute atomic E-state index is 0.350. The van der Waals surface area contributed by atoms with E-state index in [0.717, 1.165) is 44.8 Å². The maximum Gasteiger partial charge on any atom is 0.160 e. The molecule has 0 radical (unpaired) electrons. The number of hydrogen-bond acceptors (Lipinski definition) is 3. The summed E-state index contributed by atoms with van der Waals surface area (Å²) < 4.78 is 0. The molecule has 2 aliphatic rings. The molecule has 2 aromatic heterocycles. The number of benzene rings is 7. The van der Waals surface area contributed by atoms with Crippen molar-refractivity contribution >= 4 is 0 Å². The molecule has 55 heavy (non-hydrogen) atoms. The van der Waals surface area contributed by atoms with E-state index in [2.05, 4.69) is 181 Å². The first-order chi connectivity index (χ1) is 27.3. The minimum Gasteiger partial charge on any atom is -0.264 e. The molecule has 0 amide bonds. The second kappa shape index (κ2) is 12.4. The first-order valence-electron chi connectivity index (χ1n) is 18.8. The number of aromatic nitrogens is 3. The highest BCUT2D eigenvalue weighted by molar-refractivity contribution is 5.96. The lowest BCUT2D eigenvalue weighted by atomic mass is 9.70. The van der Waals surface area contributed by atoms with E-state index in [9.17, 15) is 0 Å². The molecule has 0 saturated heterocycles. The highest BCUT2D eigenvalue weighted by Crippen LogP contribution is 2.62. The van der Waals surface area contributed by atoms with E-state index in [1.54, 1.807) is 6.20 Å². The van der Waals surface area contributed by atoms with Gasteiger partial charge >= 0.3 is 0 Å². The third-order valence-corrected chi connectivity index (χ3v) is 11.4. The van der Waals surface area contributed by atoms with Crippen molar-refractivity contribution in [2.45, 2.75) is 5.41 Å². The van der Waals surface area contributed by atoms with Gasteiger partial charge in [0.15, 0.2) is 5.82 Å². The first kappa shape index (κ1) is 31.3. The van der Waals surface area contributed by atoms with Crippen LogP contribution in [-0.2, 0) is 5.41 Å². The molecule has 256 valence electrons. The number of pyridine rings is 1. The van der Waals surface area contributed by atoms with Crippen molar-refractivity contribution in [1.82, 2.24) is 15.0 Å². The molecule has 3 heteroatoms. The summed E-state index contributed by atoms with van der Waals surface area (Å²) in [7, 11) is 0. The summed E-state index contributed by atoms with van der Waals surface area (Å²) in [4.78, 5) is 14.7. The average molecular weight is 700 g/mol. The van der Waals surface area contributed by atoms with Crippen molar-refractivity contribution in [2.75, 3.05) is 0 Å². The van der Waals surface area contributed by atoms with Crippen LogP contribution in [0.1, 0.15) is 22.3 Å². The number of nitrogens with zero attached hydrogens (tertiary/aromatic N) is 3. The van der Waals surface area contributed by atoms with Gasteiger partial charge in [0, 0.05) is 29.1 Å². The Kier molecular flexibility index (Phi) is 7.08. The van der Waals surface area contributed by atoms with Crippen LogP contribution in [-0.4, -0.2) is 15.0 Å². The average Bonchev–Trinajstić information content (AvgIpc) is 3.74. The minimum atomic E-state index is -0.350. The zero-order valence-corrected chi connectivity index (χ0v) is 29.9. The highest BCUT2D eigenvalue weighted by Gasteiger charge is 2.51. The highest BCUT2D eigenvalue weighted by atomic mass is 14.9. The van der Waals surface area contributed by atoms with E-state index < -0.39 is 0 Å². The number of hydrogen-bond donors (Lipinski definition) is 0. The van der Waals surface area contributed by atoms with Crippen LogP contribution in [0.4, 0.5) is 0 Å². The zero-order valence-electron chi connectivity index (χ0n) is 29.9. The van der Waals surface area contributed by atoms with Gasteiger partial charge in [-0.1, -0.05) is 152 Å². The number of rotatable bonds is 5. The van der Waals surface area contributed by atoms with E-state index in [-0.39, 0.29) is 5.41 Å². The Morgan fingerprint density at radius 1 is 0.309 bits per heavy atom. The molecule has 0 atom stereocenters. The SMILES string of the molecule is c1ccc(-c2cccc(-c3nc(-c4cccnc4)cc(-c4cccc(-c5ccc6c(c5)-c5ccccc5C65c6ccccc6-c6ccccc65)c4)n3)c2)cc1. The summed E-state index contributed by atoms with van der Waals surface area (Å²) in [6.07, 6.45) is 3.66. The second-order valence-corrected chi connectivity index (χ2v) is 14.4. The molecule has 11 rings (SSSR count). The normalized spacial score (nSPS) is 12.9. The summed E-state index contributed by atoms with van der Waals surface area (Å²) in [5.41, 5.74) is 19.5. The van der Waals surface area contributed by atoms with Gasteiger partial charge in [0.1, 0.15) is 0 Å². The molecule has 1 spiro atoms. The van der Waals surface area contributed by atoms with E-state index in [1.807, 2.05) is 18.3 Å². The van der Waals surface area contributed by atoms with Gasteiger partial charge < -0.3 is 0 Å². The van der Waals surface area contributed by atoms with Crippen molar-refractivity contribution in [2.24, 2.45) is 0 Å². The molecule has 7 aromatic carbocycles. The molecular weight excluding hydrogens is 667 g/mol. The summed E-state index contributed by atoms with van der Waals surface area (Å²) in [6, 6.07) is 67.7. The number of fused-ring (bicyclic) bond motifs is 10. The fourth-order valence-electron chi connectivity index (χ4n) is 8.99. The molecule has 0 N–H and O–H groups in total. The van der Waals surface area contributed by atoms with Crippen LogP contribution in [0.2, 0.25) is 0 Å². The van der Waals surface area contributed by atoms with Crippen molar-refractivity contribution in [3.63, 3.8) is 0 Å². The Labute approximate surface area is 320 Å². The van der Waals surface area contributed by atoms with Crippen molar-refractivity contribution in [3.8, 4) is 78.4 Å². The Morgan fingerprint density at radius 2 is 0.800 bits per heavy atom. The van der Waals surface area contributed by atoms with Crippen LogP contribution >= 0.6 is 0 Å². The van der Waals surface area contributed by atoms with Crippen molar-refractivity contribution in [1.29, 1.82) is 0 Å². The smallest absolute Gasteiger partial charge is 0.160 e. The molecule has 0 saturated carbocycles. The third-order valence-electron chi connectivity index (χ3n) is 11.4. The quantitative estimate of drug-likeness (QED) is 0.179. The first-order valence-corrected chi connectivity index (χ1v) is 18.8. The van der Waals surface area contributed by atoms with Gasteiger partial charge in [-0.3, -0.25) is 4.98 Å². The van der Waals surface area contributed by atoms with Crippen LogP contribution in [0.15, 0.2) is 200 Å². The van der Waals surface area contributed by atoms with Crippen LogP contribution in [0, 0.1) is 0 Å². The lowest BCUT2D eigenvalue weighted by Gasteiger charge is -2.30. The molecule has 0 bridgehead atoms. The molecule has 2 heterocycles. The Morgan fingerprint density at radius 3 is 1.47 bits per heavy atom. The standard InChI is InChI=1S/C52H33N3/c1-2-13-34(14-3-1)35-15-11-18-39(30-35)51-54-49(32-50(55-51)40-19-12-28-53-33-40)38-17-10-16-36(29-38)37-26-27-48-44(31-37)43-22-6-9-25-47(43)52(48)45-23-7-4-20-41(45)42-21-5-8-24-46(42)52/h1-33H. The molecule has 0 unspecified atom stereocenters. The lowest BCUT2D eigenvalue weighted by molar-refractivity contribution is 0.794. The van der Waals surface area contributed by atoms with Gasteiger partial charge in [0.25, 0.3) is 0 Å². The van der Waals surface area contributed by atoms with Gasteiger partial charge in [-0.2, -0.15) is 0 Å². The summed E-state index contributed by atoms with van der Waals surface area (Å²) in [5, 5.41) is 0. The second-order valence-electron chi connectivity index (χ2n) is 14.4. The van der Waals surface area contributed by atoms with Crippen LogP contribution < -0.4 is 0 Å². The molecule has 0 fully saturated rings. The fraction of sp³-hybridized carbons (Fsp3) is 0.0192. The predicted molar refractivity (Wildman–Crippen MR) is 223 cm³/mol. The van der Waals surface area contributed by atoms with Crippen LogP contribution in [0.25, 0.3) is 78.4 Å². The van der Waals surface area contributed by atoms with E-state index in [0.29, 0.717) is 5.82 Å². The maximum atomic E-state index is 5.22. The Hall–Kier alpha value is -7.23. The molecule has 3 nitrogen and oxygen atoms in total. The Bertz CT molecular complexity index is 2890. The predicted octanol–water partition coefficient (Wildman–Crippen LogP) is 12.6. The van der Waals surface area contributed by atoms with E-state index in [4.69, 9.17) is 9.97 Å². The maximum absolute atomic E-state index is 5.22. The fourth-order valence-corrected chi connectivity index (χ4v) is 8.99. The zero-order chi connectivity index (χ0) is 36.3. The molecular formula is C52H33N3. The van der Waals surface area contributed by atoms with E-state index >= 15 is 0 Å². The van der Waals surface area contributed by atoms with Gasteiger partial charge in [-0.05, 0) is 103 Å². The summed E-state index contributed by atoms with van der Waals surface area (Å²) in [6.45, 7) is 0. The van der Waals surface area contributed by atoms with Gasteiger partial charge in [-0.15, -0.1) is 0 Å². The van der Waals surface area contributed by atoms with Gasteiger partial charge in [0.2, 0.25) is 0 Å². The lowest BCUT2D eigenvalue weighted by Crippen LogP contribution is -2.25. The third kappa shape index (κ3) is 4.87. The van der Waals surface area contributed by atoms with Crippen molar-refractivity contribution < 1.29 is 0 Å². The van der Waals surface area contributed by atoms with Crippen LogP contribution in [0.5, 0.6) is 0 Å². The van der Waals surface area contributed by atoms with Gasteiger partial charge in [-0.25, -0.2) is 9.97 Å². The molecule has 2 aliphatic carbocycles. The van der Waals surface area contributed by atoms with Gasteiger partial charge in [0.05, 0.1) is 16.8 Å². The summed E-state index contributed by atoms with van der Waals surface area (Å²) >= 11 is 0. The Balaban J connectivity index is 1.05. The van der Waals surface area contributed by atoms with E-state index in [1.165, 1.54) is 50.1 Å². The monoisotopic (exact) mass is 699 g/mol. The summed E-state index contributed by atoms with van der Waals surface area (Å²) in [5.74, 6) is 0.677. The molecule has 0 aliphatic heterocycles. The van der Waals surface area contributed by atoms with Crippen molar-refractivity contribution in [3.05, 3.63) is 223 Å².